The zero-order valence-electron chi connectivity index (χ0n) is 14.8. The molecule has 0 aromatic carbocycles. The van der Waals surface area contributed by atoms with E-state index in [0.717, 1.165) is 18.8 Å². The van der Waals surface area contributed by atoms with Gasteiger partial charge >= 0.3 is 5.97 Å². The van der Waals surface area contributed by atoms with Crippen molar-refractivity contribution < 1.29 is 9.90 Å². The summed E-state index contributed by atoms with van der Waals surface area (Å²) in [6.07, 6.45) is 17.4. The fraction of sp³-hybridized carbons (Fsp3) is 0.944. The van der Waals surface area contributed by atoms with Gasteiger partial charge in [-0.25, -0.2) is 0 Å². The summed E-state index contributed by atoms with van der Waals surface area (Å²) in [6, 6.07) is 0. The largest absolute Gasteiger partial charge is 0.481 e. The van der Waals surface area contributed by atoms with Gasteiger partial charge in [0.25, 0.3) is 1.43 Å². The van der Waals surface area contributed by atoms with E-state index >= 15 is 0 Å². The zero-order valence-corrected chi connectivity index (χ0v) is 13.8. The molecule has 0 amide bonds. The van der Waals surface area contributed by atoms with Crippen LogP contribution in [-0.2, 0) is 4.79 Å². The van der Waals surface area contributed by atoms with Crippen molar-refractivity contribution in [3.63, 3.8) is 0 Å². The highest BCUT2D eigenvalue weighted by Gasteiger charge is 1.97. The van der Waals surface area contributed by atoms with E-state index in [4.69, 9.17) is 1.43 Å². The topological polar surface area (TPSA) is 37.3 Å². The SMILES string of the molecule is [2H]OC(=O)CCCCCCCCCCCCCCC(C)C. The number of carbonyl (C=O) groups is 1. The van der Waals surface area contributed by atoms with Gasteiger partial charge in [-0.2, -0.15) is 0 Å². The van der Waals surface area contributed by atoms with Crippen LogP contribution < -0.4 is 0 Å². The van der Waals surface area contributed by atoms with Gasteiger partial charge in [-0.05, 0) is 12.3 Å². The van der Waals surface area contributed by atoms with Crippen LogP contribution in [0.3, 0.4) is 0 Å². The van der Waals surface area contributed by atoms with E-state index < -0.39 is 5.97 Å². The van der Waals surface area contributed by atoms with E-state index in [0.29, 0.717) is 6.42 Å². The maximum absolute atomic E-state index is 10.7. The molecule has 0 radical (unpaired) electrons. The summed E-state index contributed by atoms with van der Waals surface area (Å²) in [7, 11) is 0. The number of hydrogen-bond acceptors (Lipinski definition) is 2. The molecular formula is C18H36O2. The normalized spacial score (nSPS) is 11.7. The number of carboxylic acid groups (broad SMARTS) is 1. The maximum Gasteiger partial charge on any atom is 0.303 e. The molecule has 0 aliphatic heterocycles. The first-order valence-electron chi connectivity index (χ1n) is 9.23. The van der Waals surface area contributed by atoms with Crippen LogP contribution in [0.5, 0.6) is 0 Å². The number of aliphatic carboxylic acids is 1. The lowest BCUT2D eigenvalue weighted by atomic mass is 10.0. The lowest BCUT2D eigenvalue weighted by molar-refractivity contribution is -0.137. The quantitative estimate of drug-likeness (QED) is 0.364. The molecule has 2 heteroatoms. The molecular weight excluding hydrogens is 248 g/mol. The minimum atomic E-state index is -0.400. The molecule has 0 atom stereocenters. The van der Waals surface area contributed by atoms with Gasteiger partial charge in [0, 0.05) is 6.42 Å². The molecule has 1 N–H and O–H groups in total. The first-order chi connectivity index (χ1) is 10.2. The summed E-state index contributed by atoms with van der Waals surface area (Å²) >= 11 is 0. The van der Waals surface area contributed by atoms with Gasteiger partial charge in [0.1, 0.15) is 0 Å². The Balaban J connectivity index is 3.01. The van der Waals surface area contributed by atoms with E-state index in [9.17, 15) is 4.79 Å². The highest BCUT2D eigenvalue weighted by Crippen LogP contribution is 2.14. The van der Waals surface area contributed by atoms with Crippen LogP contribution in [0, 0.1) is 5.92 Å². The monoisotopic (exact) mass is 285 g/mol. The smallest absolute Gasteiger partial charge is 0.303 e. The fourth-order valence-corrected chi connectivity index (χ4v) is 2.59. The van der Waals surface area contributed by atoms with Gasteiger partial charge in [-0.3, -0.25) is 4.79 Å². The van der Waals surface area contributed by atoms with Crippen molar-refractivity contribution in [2.75, 3.05) is 0 Å². The molecule has 0 unspecified atom stereocenters. The van der Waals surface area contributed by atoms with E-state index in [1.165, 1.54) is 70.6 Å². The summed E-state index contributed by atoms with van der Waals surface area (Å²) < 4.78 is 6.44. The first kappa shape index (κ1) is 17.5. The average molecular weight is 285 g/mol. The van der Waals surface area contributed by atoms with Crippen molar-refractivity contribution in [1.82, 2.24) is 0 Å². The zero-order chi connectivity index (χ0) is 15.8. The summed E-state index contributed by atoms with van der Waals surface area (Å²) in [4.78, 5) is 10.7. The fourth-order valence-electron chi connectivity index (χ4n) is 2.59. The van der Waals surface area contributed by atoms with Gasteiger partial charge in [0.2, 0.25) is 0 Å². The van der Waals surface area contributed by atoms with Crippen LogP contribution in [0.1, 0.15) is 104 Å². The van der Waals surface area contributed by atoms with E-state index in [2.05, 4.69) is 19.0 Å². The Morgan fingerprint density at radius 3 is 1.60 bits per heavy atom. The third-order valence-electron chi connectivity index (χ3n) is 3.91. The van der Waals surface area contributed by atoms with Crippen molar-refractivity contribution in [2.45, 2.75) is 104 Å². The van der Waals surface area contributed by atoms with Crippen molar-refractivity contribution >= 4 is 5.97 Å². The summed E-state index contributed by atoms with van der Waals surface area (Å²) in [5.41, 5.74) is 0. The molecule has 0 saturated heterocycles. The number of carboxylic acids is 1. The molecule has 0 bridgehead atoms. The lowest BCUT2D eigenvalue weighted by Gasteiger charge is -2.04. The Kier molecular flexibility index (Phi) is 13.0. The Labute approximate surface area is 127 Å². The van der Waals surface area contributed by atoms with Crippen LogP contribution >= 0.6 is 0 Å². The second-order valence-corrected chi connectivity index (χ2v) is 6.55. The molecule has 0 spiro atoms. The molecule has 0 aliphatic carbocycles. The summed E-state index contributed by atoms with van der Waals surface area (Å²) in [5.74, 6) is 0.464. The van der Waals surface area contributed by atoms with Crippen LogP contribution in [0.2, 0.25) is 0 Å². The van der Waals surface area contributed by atoms with Crippen LogP contribution in [0.15, 0.2) is 0 Å². The third-order valence-corrected chi connectivity index (χ3v) is 3.91. The average Bonchev–Trinajstić information content (AvgIpc) is 2.46. The minimum absolute atomic E-state index is 0.400. The van der Waals surface area contributed by atoms with Gasteiger partial charge < -0.3 is 5.11 Å². The summed E-state index contributed by atoms with van der Waals surface area (Å²) in [6.45, 7) is 4.61. The van der Waals surface area contributed by atoms with Gasteiger partial charge in [0.05, 0.1) is 0 Å². The van der Waals surface area contributed by atoms with E-state index in [-0.39, 0.29) is 0 Å². The van der Waals surface area contributed by atoms with Gasteiger partial charge in [0.15, 0.2) is 0 Å². The van der Waals surface area contributed by atoms with E-state index in [1.807, 2.05) is 0 Å². The third kappa shape index (κ3) is 17.5. The highest BCUT2D eigenvalue weighted by atomic mass is 16.4. The van der Waals surface area contributed by atoms with Crippen LogP contribution in [0.25, 0.3) is 1.43 Å². The standard InChI is InChI=1S/C18H36O2/c1-17(2)15-13-11-9-7-5-3-4-6-8-10-12-14-16-18(19)20/h17H,3-16H2,1-2H3,(H,19,20)/i/hD. The molecule has 120 valence electrons. The number of hydrogen-bond donors (Lipinski definition) is 1. The maximum atomic E-state index is 10.7. The number of rotatable bonds is 15. The lowest BCUT2D eigenvalue weighted by Crippen LogP contribution is -1.93. The molecule has 0 aromatic rings. The summed E-state index contributed by atoms with van der Waals surface area (Å²) in [5, 5.41) is 3.88. The van der Waals surface area contributed by atoms with E-state index in [1.54, 1.807) is 0 Å². The second kappa shape index (κ2) is 14.9. The predicted molar refractivity (Wildman–Crippen MR) is 87.1 cm³/mol. The van der Waals surface area contributed by atoms with Gasteiger partial charge in [-0.15, -0.1) is 0 Å². The highest BCUT2D eigenvalue weighted by molar-refractivity contribution is 5.66. The van der Waals surface area contributed by atoms with Crippen LogP contribution in [-0.4, -0.2) is 11.1 Å². The van der Waals surface area contributed by atoms with Crippen molar-refractivity contribution in [3.05, 3.63) is 0 Å². The second-order valence-electron chi connectivity index (χ2n) is 6.55. The Morgan fingerprint density at radius 1 is 0.800 bits per heavy atom. The molecule has 20 heavy (non-hydrogen) atoms. The Morgan fingerprint density at radius 2 is 1.20 bits per heavy atom. The number of unbranched alkanes of at least 4 members (excludes halogenated alkanes) is 11. The van der Waals surface area contributed by atoms with Crippen LogP contribution in [0.4, 0.5) is 0 Å². The molecule has 0 aliphatic rings. The molecule has 0 saturated carbocycles. The Hall–Kier alpha value is -0.530. The molecule has 0 rings (SSSR count). The predicted octanol–water partition coefficient (Wildman–Crippen LogP) is 6.19. The van der Waals surface area contributed by atoms with Crippen molar-refractivity contribution in [2.24, 2.45) is 5.92 Å². The van der Waals surface area contributed by atoms with Crippen molar-refractivity contribution in [3.8, 4) is 0 Å². The Bertz CT molecular complexity index is 229. The molecule has 0 fully saturated rings. The molecule has 2 nitrogen and oxygen atoms in total. The first-order valence-corrected chi connectivity index (χ1v) is 8.82. The van der Waals surface area contributed by atoms with Gasteiger partial charge in [-0.1, -0.05) is 90.9 Å². The van der Waals surface area contributed by atoms with Crippen molar-refractivity contribution in [1.29, 1.82) is 1.43 Å². The molecule has 0 aromatic heterocycles. The molecule has 0 heterocycles. The minimum Gasteiger partial charge on any atom is -0.481 e.